The number of hydrogen-bond donors (Lipinski definition) is 2. The molecule has 2 N–H and O–H groups in total. The minimum Gasteiger partial charge on any atom is -0.386 e. The summed E-state index contributed by atoms with van der Waals surface area (Å²) in [5.41, 5.74) is 1.04. The molecule has 2 heteroatoms. The third kappa shape index (κ3) is 5.35. The van der Waals surface area contributed by atoms with E-state index in [9.17, 15) is 0 Å². The van der Waals surface area contributed by atoms with E-state index in [1.807, 2.05) is 13.1 Å². The lowest BCUT2D eigenvalue weighted by molar-refractivity contribution is 0.490. The van der Waals surface area contributed by atoms with Gasteiger partial charge in [-0.25, -0.2) is 0 Å². The first-order valence-electron chi connectivity index (χ1n) is 3.40. The molecule has 0 heterocycles. The summed E-state index contributed by atoms with van der Waals surface area (Å²) in [6.45, 7) is 8.15. The van der Waals surface area contributed by atoms with Crippen molar-refractivity contribution in [1.82, 2.24) is 5.32 Å². The quantitative estimate of drug-likeness (QED) is 0.565. The summed E-state index contributed by atoms with van der Waals surface area (Å²) >= 11 is 0. The first-order valence-corrected chi connectivity index (χ1v) is 3.40. The molecule has 0 spiro atoms. The van der Waals surface area contributed by atoms with Crippen LogP contribution in [0, 0.1) is 5.41 Å². The van der Waals surface area contributed by atoms with Gasteiger partial charge in [-0.1, -0.05) is 0 Å². The fraction of sp³-hybridized carbons (Fsp3) is 0.625. The lowest BCUT2D eigenvalue weighted by Gasteiger charge is -2.18. The Morgan fingerprint density at radius 1 is 1.40 bits per heavy atom. The first-order chi connectivity index (χ1) is 4.45. The van der Waals surface area contributed by atoms with Gasteiger partial charge in [-0.3, -0.25) is 0 Å². The zero-order valence-electron chi connectivity index (χ0n) is 7.15. The molecule has 0 bridgehead atoms. The Bertz CT molecular complexity index is 140. The van der Waals surface area contributed by atoms with Crippen molar-refractivity contribution in [2.24, 2.45) is 0 Å². The monoisotopic (exact) mass is 140 g/mol. The molecule has 0 unspecified atom stereocenters. The average Bonchev–Trinajstić information content (AvgIpc) is 1.81. The van der Waals surface area contributed by atoms with Gasteiger partial charge in [0.25, 0.3) is 0 Å². The maximum absolute atomic E-state index is 6.88. The highest BCUT2D eigenvalue weighted by atomic mass is 14.9. The summed E-state index contributed by atoms with van der Waals surface area (Å²) in [5, 5.41) is 10.0. The Kier molecular flexibility index (Phi) is 3.13. The Morgan fingerprint density at radius 3 is 2.20 bits per heavy atom. The molecule has 58 valence electrons. The van der Waals surface area contributed by atoms with Crippen LogP contribution in [0.5, 0.6) is 0 Å². The largest absolute Gasteiger partial charge is 0.386 e. The highest BCUT2D eigenvalue weighted by Gasteiger charge is 2.04. The number of allylic oxidation sites excluding steroid dienone is 1. The maximum Gasteiger partial charge on any atom is 0.0284 e. The molecular formula is C8H16N2. The number of hydrogen-bond acceptors (Lipinski definition) is 2. The Balaban J connectivity index is 3.84. The minimum atomic E-state index is 0.101. The van der Waals surface area contributed by atoms with Crippen LogP contribution in [0.15, 0.2) is 11.8 Å². The number of rotatable bonds is 2. The highest BCUT2D eigenvalue weighted by molar-refractivity contribution is 5.74. The van der Waals surface area contributed by atoms with Crippen LogP contribution in [0.25, 0.3) is 0 Å². The standard InChI is InChI=1S/C8H16N2/c1-7(5-9)6-10-8(2,3)4/h5-6,9-10H,1-4H3/b7-6-,9-5?. The van der Waals surface area contributed by atoms with Crippen LogP contribution in [0.3, 0.4) is 0 Å². The van der Waals surface area contributed by atoms with Crippen LogP contribution in [-0.2, 0) is 0 Å². The second-order valence-corrected chi connectivity index (χ2v) is 3.43. The molecule has 0 aliphatic rings. The molecule has 0 fully saturated rings. The zero-order chi connectivity index (χ0) is 8.20. The predicted octanol–water partition coefficient (Wildman–Crippen LogP) is 1.93. The Labute approximate surface area is 62.8 Å². The predicted molar refractivity (Wildman–Crippen MR) is 45.4 cm³/mol. The third-order valence-electron chi connectivity index (χ3n) is 0.961. The van der Waals surface area contributed by atoms with Crippen LogP contribution in [0.1, 0.15) is 27.7 Å². The first kappa shape index (κ1) is 9.21. The van der Waals surface area contributed by atoms with E-state index in [0.29, 0.717) is 0 Å². The van der Waals surface area contributed by atoms with Gasteiger partial charge in [-0.2, -0.15) is 0 Å². The second-order valence-electron chi connectivity index (χ2n) is 3.43. The summed E-state index contributed by atoms with van der Waals surface area (Å²) in [4.78, 5) is 0. The van der Waals surface area contributed by atoms with Gasteiger partial charge in [0.15, 0.2) is 0 Å². The topological polar surface area (TPSA) is 35.9 Å². The van der Waals surface area contributed by atoms with Gasteiger partial charge >= 0.3 is 0 Å². The second kappa shape index (κ2) is 3.40. The molecule has 2 nitrogen and oxygen atoms in total. The lowest BCUT2D eigenvalue weighted by atomic mass is 10.1. The molecule has 0 radical (unpaired) electrons. The van der Waals surface area contributed by atoms with Gasteiger partial charge in [-0.15, -0.1) is 0 Å². The SMILES string of the molecule is C/C(C=N)=C/NC(C)(C)C. The lowest BCUT2D eigenvalue weighted by Crippen LogP contribution is -2.31. The van der Waals surface area contributed by atoms with E-state index >= 15 is 0 Å². The van der Waals surface area contributed by atoms with E-state index in [0.717, 1.165) is 5.57 Å². The van der Waals surface area contributed by atoms with Crippen molar-refractivity contribution >= 4 is 6.21 Å². The summed E-state index contributed by atoms with van der Waals surface area (Å²) < 4.78 is 0. The molecule has 0 rings (SSSR count). The van der Waals surface area contributed by atoms with Gasteiger partial charge in [0.1, 0.15) is 0 Å². The normalized spacial score (nSPS) is 13.0. The van der Waals surface area contributed by atoms with E-state index in [4.69, 9.17) is 5.41 Å². The van der Waals surface area contributed by atoms with Crippen molar-refractivity contribution in [2.75, 3.05) is 0 Å². The fourth-order valence-electron chi connectivity index (χ4n) is 0.372. The summed E-state index contributed by atoms with van der Waals surface area (Å²) in [6.07, 6.45) is 3.19. The minimum absolute atomic E-state index is 0.101. The van der Waals surface area contributed by atoms with Gasteiger partial charge in [0.05, 0.1) is 0 Å². The molecule has 0 aromatic carbocycles. The van der Waals surface area contributed by atoms with Crippen molar-refractivity contribution in [1.29, 1.82) is 5.41 Å². The molecule has 0 aromatic heterocycles. The summed E-state index contributed by atoms with van der Waals surface area (Å²) in [5.74, 6) is 0. The molecule has 0 atom stereocenters. The van der Waals surface area contributed by atoms with Crippen molar-refractivity contribution in [2.45, 2.75) is 33.2 Å². The van der Waals surface area contributed by atoms with Gasteiger partial charge in [-0.05, 0) is 33.3 Å². The van der Waals surface area contributed by atoms with Crippen molar-refractivity contribution < 1.29 is 0 Å². The Hall–Kier alpha value is -0.790. The Morgan fingerprint density at radius 2 is 1.90 bits per heavy atom. The van der Waals surface area contributed by atoms with Crippen molar-refractivity contribution in [3.63, 3.8) is 0 Å². The molecule has 0 aromatic rings. The van der Waals surface area contributed by atoms with E-state index in [-0.39, 0.29) is 5.54 Å². The molecule has 0 saturated heterocycles. The molecule has 0 amide bonds. The highest BCUT2D eigenvalue weighted by Crippen LogP contribution is 1.98. The smallest absolute Gasteiger partial charge is 0.0284 e. The van der Waals surface area contributed by atoms with Crippen LogP contribution in [0.4, 0.5) is 0 Å². The van der Waals surface area contributed by atoms with Crippen LogP contribution < -0.4 is 5.32 Å². The molecule has 0 aliphatic carbocycles. The van der Waals surface area contributed by atoms with E-state index in [2.05, 4.69) is 26.1 Å². The van der Waals surface area contributed by atoms with Crippen LogP contribution >= 0.6 is 0 Å². The van der Waals surface area contributed by atoms with Gasteiger partial charge < -0.3 is 10.7 Å². The third-order valence-corrected chi connectivity index (χ3v) is 0.961. The van der Waals surface area contributed by atoms with Gasteiger partial charge in [0, 0.05) is 18.0 Å². The fourth-order valence-corrected chi connectivity index (χ4v) is 0.372. The van der Waals surface area contributed by atoms with Crippen LogP contribution in [0.2, 0.25) is 0 Å². The average molecular weight is 140 g/mol. The zero-order valence-corrected chi connectivity index (χ0v) is 7.15. The maximum atomic E-state index is 6.88. The van der Waals surface area contributed by atoms with Crippen molar-refractivity contribution in [3.05, 3.63) is 11.8 Å². The molecule has 10 heavy (non-hydrogen) atoms. The van der Waals surface area contributed by atoms with E-state index < -0.39 is 0 Å². The van der Waals surface area contributed by atoms with E-state index in [1.54, 1.807) is 0 Å². The summed E-state index contributed by atoms with van der Waals surface area (Å²) in [7, 11) is 0. The van der Waals surface area contributed by atoms with Gasteiger partial charge in [0.2, 0.25) is 0 Å². The molecular weight excluding hydrogens is 124 g/mol. The van der Waals surface area contributed by atoms with Crippen molar-refractivity contribution in [3.8, 4) is 0 Å². The van der Waals surface area contributed by atoms with Crippen LogP contribution in [-0.4, -0.2) is 11.8 Å². The number of nitrogens with one attached hydrogen (secondary N) is 2. The molecule has 0 aliphatic heterocycles. The van der Waals surface area contributed by atoms with E-state index in [1.165, 1.54) is 6.21 Å². The summed E-state index contributed by atoms with van der Waals surface area (Å²) in [6, 6.07) is 0. The molecule has 0 saturated carbocycles.